The summed E-state index contributed by atoms with van der Waals surface area (Å²) in [7, 11) is 1.44. The smallest absolute Gasteiger partial charge is 0.308 e. The highest BCUT2D eigenvalue weighted by atomic mass is 16.5. The van der Waals surface area contributed by atoms with Gasteiger partial charge in [-0.3, -0.25) is 9.89 Å². The quantitative estimate of drug-likeness (QED) is 0.483. The van der Waals surface area contributed by atoms with E-state index in [1.807, 2.05) is 24.3 Å². The molecule has 0 radical (unpaired) electrons. The van der Waals surface area contributed by atoms with Crippen LogP contribution in [0.15, 0.2) is 24.3 Å². The number of piperidine rings is 1. The minimum atomic E-state index is -0.568. The van der Waals surface area contributed by atoms with E-state index in [0.717, 1.165) is 63.3 Å². The molecule has 0 spiro atoms. The SMILES string of the molecule is COC(=O)C1CCN(C[C@H](O)COc2ccc(CNCc3n[nH]c4c3CCC4)cc2)CC1. The number of aryl methyl sites for hydroxylation is 1. The average Bonchev–Trinajstić information content (AvgIpc) is 3.43. The van der Waals surface area contributed by atoms with Crippen molar-refractivity contribution in [2.24, 2.45) is 5.92 Å². The topological polar surface area (TPSA) is 99.7 Å². The Bertz CT molecular complexity index is 875. The maximum absolute atomic E-state index is 11.6. The summed E-state index contributed by atoms with van der Waals surface area (Å²) in [6, 6.07) is 7.97. The zero-order valence-electron chi connectivity index (χ0n) is 18.8. The summed E-state index contributed by atoms with van der Waals surface area (Å²) in [4.78, 5) is 13.8. The normalized spacial score (nSPS) is 17.8. The predicted octanol–water partition coefficient (Wildman–Crippen LogP) is 1.81. The van der Waals surface area contributed by atoms with Crippen LogP contribution < -0.4 is 10.1 Å². The van der Waals surface area contributed by atoms with Gasteiger partial charge in [0.25, 0.3) is 0 Å². The fourth-order valence-electron chi connectivity index (χ4n) is 4.62. The molecule has 1 saturated heterocycles. The second kappa shape index (κ2) is 10.9. The van der Waals surface area contributed by atoms with Gasteiger partial charge in [-0.1, -0.05) is 12.1 Å². The molecular weight excluding hydrogens is 408 g/mol. The Morgan fingerprint density at radius 3 is 2.78 bits per heavy atom. The van der Waals surface area contributed by atoms with Gasteiger partial charge in [-0.15, -0.1) is 0 Å². The molecule has 1 aromatic carbocycles. The highest BCUT2D eigenvalue weighted by Gasteiger charge is 2.26. The number of fused-ring (bicyclic) bond motifs is 1. The van der Waals surface area contributed by atoms with E-state index >= 15 is 0 Å². The maximum atomic E-state index is 11.6. The number of aromatic amines is 1. The fourth-order valence-corrected chi connectivity index (χ4v) is 4.62. The summed E-state index contributed by atoms with van der Waals surface area (Å²) in [6.45, 7) is 3.92. The van der Waals surface area contributed by atoms with Crippen molar-refractivity contribution < 1.29 is 19.4 Å². The maximum Gasteiger partial charge on any atom is 0.308 e. The van der Waals surface area contributed by atoms with Crippen LogP contribution in [-0.4, -0.2) is 65.6 Å². The Balaban J connectivity index is 1.13. The van der Waals surface area contributed by atoms with E-state index in [4.69, 9.17) is 9.47 Å². The number of ether oxygens (including phenoxy) is 2. The summed E-state index contributed by atoms with van der Waals surface area (Å²) in [6.07, 6.45) is 4.46. The van der Waals surface area contributed by atoms with Crippen LogP contribution in [0.2, 0.25) is 0 Å². The third-order valence-electron chi connectivity index (χ3n) is 6.47. The molecule has 1 atom stereocenters. The van der Waals surface area contributed by atoms with E-state index in [0.29, 0.717) is 6.54 Å². The molecule has 0 unspecified atom stereocenters. The number of hydrogen-bond acceptors (Lipinski definition) is 7. The third kappa shape index (κ3) is 5.88. The lowest BCUT2D eigenvalue weighted by Gasteiger charge is -2.31. The van der Waals surface area contributed by atoms with Gasteiger partial charge >= 0.3 is 5.97 Å². The van der Waals surface area contributed by atoms with Gasteiger partial charge < -0.3 is 24.8 Å². The number of aliphatic hydroxyl groups is 1. The number of H-pyrrole nitrogens is 1. The summed E-state index contributed by atoms with van der Waals surface area (Å²) in [5.74, 6) is 0.608. The van der Waals surface area contributed by atoms with Crippen molar-refractivity contribution >= 4 is 5.97 Å². The van der Waals surface area contributed by atoms with Gasteiger partial charge in [0.15, 0.2) is 0 Å². The van der Waals surface area contributed by atoms with Crippen LogP contribution >= 0.6 is 0 Å². The molecule has 1 aliphatic heterocycles. The van der Waals surface area contributed by atoms with Gasteiger partial charge in [0, 0.05) is 25.3 Å². The number of nitrogens with one attached hydrogen (secondary N) is 2. The molecule has 2 aromatic rings. The molecule has 2 heterocycles. The first kappa shape index (κ1) is 22.8. The van der Waals surface area contributed by atoms with E-state index < -0.39 is 6.10 Å². The van der Waals surface area contributed by atoms with E-state index in [-0.39, 0.29) is 18.5 Å². The van der Waals surface area contributed by atoms with Gasteiger partial charge in [0.05, 0.1) is 18.7 Å². The molecule has 8 nitrogen and oxygen atoms in total. The molecule has 1 aromatic heterocycles. The van der Waals surface area contributed by atoms with Crippen LogP contribution in [0.4, 0.5) is 0 Å². The molecule has 0 saturated carbocycles. The fraction of sp³-hybridized carbons (Fsp3) is 0.583. The lowest BCUT2D eigenvalue weighted by Crippen LogP contribution is -2.42. The van der Waals surface area contributed by atoms with E-state index in [2.05, 4.69) is 20.4 Å². The number of rotatable bonds is 10. The highest BCUT2D eigenvalue weighted by molar-refractivity contribution is 5.72. The number of methoxy groups -OCH3 is 1. The molecule has 0 bridgehead atoms. The second-order valence-electron chi connectivity index (χ2n) is 8.79. The molecule has 0 amide bonds. The number of likely N-dealkylation sites (tertiary alicyclic amines) is 1. The van der Waals surface area contributed by atoms with Gasteiger partial charge in [0.1, 0.15) is 18.5 Å². The van der Waals surface area contributed by atoms with Gasteiger partial charge in [-0.25, -0.2) is 0 Å². The Kier molecular flexibility index (Phi) is 7.78. The number of benzene rings is 1. The van der Waals surface area contributed by atoms with Crippen LogP contribution in [0.3, 0.4) is 0 Å². The van der Waals surface area contributed by atoms with Crippen molar-refractivity contribution in [2.45, 2.75) is 51.3 Å². The standard InChI is InChI=1S/C24H34N4O4/c1-31-24(30)18-9-11-28(12-10-18)15-19(29)16-32-20-7-5-17(6-8-20)13-25-14-23-21-3-2-4-22(21)26-27-23/h5-8,18-19,25,29H,2-4,9-16H2,1H3,(H,26,27)/t19-/m0/s1. The van der Waals surface area contributed by atoms with Crippen molar-refractivity contribution in [3.05, 3.63) is 46.8 Å². The zero-order valence-corrected chi connectivity index (χ0v) is 18.8. The summed E-state index contributed by atoms with van der Waals surface area (Å²) in [5.41, 5.74) is 5.02. The average molecular weight is 443 g/mol. The van der Waals surface area contributed by atoms with Crippen LogP contribution in [0, 0.1) is 5.92 Å². The molecule has 3 N–H and O–H groups in total. The van der Waals surface area contributed by atoms with Crippen molar-refractivity contribution in [1.29, 1.82) is 0 Å². The summed E-state index contributed by atoms with van der Waals surface area (Å²) < 4.78 is 10.6. The molecule has 1 fully saturated rings. The first-order chi connectivity index (χ1) is 15.6. The third-order valence-corrected chi connectivity index (χ3v) is 6.47. The number of carbonyl (C=O) groups is 1. The van der Waals surface area contributed by atoms with Crippen molar-refractivity contribution in [3.8, 4) is 5.75 Å². The van der Waals surface area contributed by atoms with Gasteiger partial charge in [-0.2, -0.15) is 5.10 Å². The van der Waals surface area contributed by atoms with Crippen molar-refractivity contribution in [2.75, 3.05) is 33.4 Å². The lowest BCUT2D eigenvalue weighted by molar-refractivity contribution is -0.147. The lowest BCUT2D eigenvalue weighted by atomic mass is 9.97. The predicted molar refractivity (Wildman–Crippen MR) is 120 cm³/mol. The largest absolute Gasteiger partial charge is 0.491 e. The Hall–Kier alpha value is -2.42. The first-order valence-corrected chi connectivity index (χ1v) is 11.6. The molecule has 8 heteroatoms. The number of esters is 1. The molecule has 1 aliphatic carbocycles. The number of aliphatic hydroxyl groups excluding tert-OH is 1. The van der Waals surface area contributed by atoms with Crippen LogP contribution in [0.25, 0.3) is 0 Å². The van der Waals surface area contributed by atoms with E-state index in [1.54, 1.807) is 0 Å². The first-order valence-electron chi connectivity index (χ1n) is 11.6. The van der Waals surface area contributed by atoms with Crippen molar-refractivity contribution in [1.82, 2.24) is 20.4 Å². The molecule has 2 aliphatic rings. The van der Waals surface area contributed by atoms with Gasteiger partial charge in [0.2, 0.25) is 0 Å². The molecule has 32 heavy (non-hydrogen) atoms. The molecule has 4 rings (SSSR count). The van der Waals surface area contributed by atoms with Crippen LogP contribution in [0.1, 0.15) is 41.8 Å². The number of hydrogen-bond donors (Lipinski definition) is 3. The number of carbonyl (C=O) groups excluding carboxylic acids is 1. The molecular formula is C24H34N4O4. The highest BCUT2D eigenvalue weighted by Crippen LogP contribution is 2.23. The van der Waals surface area contributed by atoms with Crippen LogP contribution in [0.5, 0.6) is 5.75 Å². The number of β-amino-alcohol motifs (C(OH)–C–C–N with tert-alkyl or cyclic N) is 1. The number of nitrogens with zero attached hydrogens (tertiary/aromatic N) is 2. The second-order valence-corrected chi connectivity index (χ2v) is 8.79. The Labute approximate surface area is 189 Å². The summed E-state index contributed by atoms with van der Waals surface area (Å²) >= 11 is 0. The minimum absolute atomic E-state index is 0.0160. The molecule has 174 valence electrons. The minimum Gasteiger partial charge on any atom is -0.491 e. The van der Waals surface area contributed by atoms with Gasteiger partial charge in [-0.05, 0) is 68.5 Å². The van der Waals surface area contributed by atoms with Crippen molar-refractivity contribution in [3.63, 3.8) is 0 Å². The van der Waals surface area contributed by atoms with Crippen LogP contribution in [-0.2, 0) is 35.5 Å². The van der Waals surface area contributed by atoms with E-state index in [9.17, 15) is 9.90 Å². The Morgan fingerprint density at radius 2 is 2.03 bits per heavy atom. The van der Waals surface area contributed by atoms with E-state index in [1.165, 1.54) is 30.4 Å². The summed E-state index contributed by atoms with van der Waals surface area (Å²) in [5, 5.41) is 21.4. The Morgan fingerprint density at radius 1 is 1.25 bits per heavy atom. The number of aromatic nitrogens is 2. The monoisotopic (exact) mass is 442 g/mol. The zero-order chi connectivity index (χ0) is 22.3.